The van der Waals surface area contributed by atoms with Crippen LogP contribution in [0.4, 0.5) is 5.69 Å². The van der Waals surface area contributed by atoms with Crippen molar-refractivity contribution in [1.82, 2.24) is 10.2 Å². The molecule has 0 aliphatic carbocycles. The van der Waals surface area contributed by atoms with Gasteiger partial charge in [-0.2, -0.15) is 0 Å². The van der Waals surface area contributed by atoms with Crippen molar-refractivity contribution in [2.75, 3.05) is 18.4 Å². The van der Waals surface area contributed by atoms with Crippen molar-refractivity contribution >= 4 is 28.9 Å². The van der Waals surface area contributed by atoms with Gasteiger partial charge in [0.25, 0.3) is 5.91 Å². The topological polar surface area (TPSA) is 44.4 Å². The summed E-state index contributed by atoms with van der Waals surface area (Å²) in [6.45, 7) is 6.44. The molecule has 1 heterocycles. The summed E-state index contributed by atoms with van der Waals surface area (Å²) in [5.41, 5.74) is 5.17. The number of hydrogen-bond acceptors (Lipinski definition) is 2. The molecule has 2 aromatic carbocycles. The maximum absolute atomic E-state index is 12.7. The average molecular weight is 382 g/mol. The standard InChI is InChI=1S/C22H27N3OS/c1-16-8-6-9-17(2)20(16)24-22(27)23-15-18-10-7-11-19(14-18)21(26)25-12-4-3-5-13-25/h6-11,14H,3-5,12-13,15H2,1-2H3,(H2,23,24,27). The molecule has 2 aromatic rings. The van der Waals surface area contributed by atoms with Gasteiger partial charge in [-0.3, -0.25) is 4.79 Å². The van der Waals surface area contributed by atoms with Crippen molar-refractivity contribution in [2.24, 2.45) is 0 Å². The number of piperidine rings is 1. The first-order chi connectivity index (χ1) is 13.0. The molecule has 0 aromatic heterocycles. The Bertz CT molecular complexity index is 808. The lowest BCUT2D eigenvalue weighted by Crippen LogP contribution is -2.35. The van der Waals surface area contributed by atoms with Gasteiger partial charge in [0, 0.05) is 30.9 Å². The van der Waals surface area contributed by atoms with Crippen LogP contribution in [0.25, 0.3) is 0 Å². The van der Waals surface area contributed by atoms with E-state index in [4.69, 9.17) is 12.2 Å². The van der Waals surface area contributed by atoms with E-state index in [-0.39, 0.29) is 5.91 Å². The zero-order chi connectivity index (χ0) is 19.2. The first-order valence-electron chi connectivity index (χ1n) is 9.54. The Balaban J connectivity index is 1.59. The lowest BCUT2D eigenvalue weighted by Gasteiger charge is -2.26. The number of nitrogens with zero attached hydrogens (tertiary/aromatic N) is 1. The van der Waals surface area contributed by atoms with Crippen molar-refractivity contribution in [3.05, 3.63) is 64.7 Å². The number of hydrogen-bond donors (Lipinski definition) is 2. The summed E-state index contributed by atoms with van der Waals surface area (Å²) in [6.07, 6.45) is 3.43. The van der Waals surface area contributed by atoms with Crippen LogP contribution in [0.15, 0.2) is 42.5 Å². The van der Waals surface area contributed by atoms with Crippen LogP contribution in [-0.2, 0) is 6.54 Å². The second kappa shape index (κ2) is 9.00. The molecule has 5 heteroatoms. The first kappa shape index (κ1) is 19.4. The largest absolute Gasteiger partial charge is 0.358 e. The van der Waals surface area contributed by atoms with Gasteiger partial charge in [0.2, 0.25) is 0 Å². The second-order valence-corrected chi connectivity index (χ2v) is 7.54. The number of amides is 1. The van der Waals surface area contributed by atoms with Crippen LogP contribution in [0.3, 0.4) is 0 Å². The summed E-state index contributed by atoms with van der Waals surface area (Å²) in [4.78, 5) is 14.6. The normalized spacial score (nSPS) is 13.9. The van der Waals surface area contributed by atoms with E-state index in [1.165, 1.54) is 6.42 Å². The van der Waals surface area contributed by atoms with Crippen LogP contribution in [0.2, 0.25) is 0 Å². The molecule has 0 saturated carbocycles. The maximum Gasteiger partial charge on any atom is 0.253 e. The highest BCUT2D eigenvalue weighted by molar-refractivity contribution is 7.80. The summed E-state index contributed by atoms with van der Waals surface area (Å²) >= 11 is 5.44. The molecule has 0 unspecified atom stereocenters. The smallest absolute Gasteiger partial charge is 0.253 e. The molecular formula is C22H27N3OS. The fourth-order valence-corrected chi connectivity index (χ4v) is 3.62. The average Bonchev–Trinajstić information content (AvgIpc) is 2.69. The fourth-order valence-electron chi connectivity index (χ4n) is 3.45. The highest BCUT2D eigenvalue weighted by atomic mass is 32.1. The lowest BCUT2D eigenvalue weighted by atomic mass is 10.1. The monoisotopic (exact) mass is 381 g/mol. The number of thiocarbonyl (C=S) groups is 1. The third kappa shape index (κ3) is 5.07. The minimum Gasteiger partial charge on any atom is -0.358 e. The number of benzene rings is 2. The Morgan fingerprint density at radius 2 is 1.70 bits per heavy atom. The molecule has 142 valence electrons. The third-order valence-corrected chi connectivity index (χ3v) is 5.24. The second-order valence-electron chi connectivity index (χ2n) is 7.13. The van der Waals surface area contributed by atoms with Gasteiger partial charge in [-0.15, -0.1) is 0 Å². The molecule has 2 N–H and O–H groups in total. The van der Waals surface area contributed by atoms with E-state index < -0.39 is 0 Å². The molecule has 1 aliphatic rings. The van der Waals surface area contributed by atoms with Crippen LogP contribution >= 0.6 is 12.2 Å². The minimum atomic E-state index is 0.132. The van der Waals surface area contributed by atoms with Gasteiger partial charge < -0.3 is 15.5 Å². The summed E-state index contributed by atoms with van der Waals surface area (Å²) in [6, 6.07) is 14.0. The SMILES string of the molecule is Cc1cccc(C)c1NC(=S)NCc1cccc(C(=O)N2CCCCC2)c1. The number of carbonyl (C=O) groups excluding carboxylic acids is 1. The molecule has 1 aliphatic heterocycles. The Kier molecular flexibility index (Phi) is 6.45. The zero-order valence-electron chi connectivity index (χ0n) is 16.0. The van der Waals surface area contributed by atoms with E-state index in [2.05, 4.69) is 36.6 Å². The van der Waals surface area contributed by atoms with Gasteiger partial charge in [-0.05, 0) is 74.2 Å². The fraction of sp³-hybridized carbons (Fsp3) is 0.364. The van der Waals surface area contributed by atoms with Crippen LogP contribution in [0.1, 0.15) is 46.3 Å². The number of aryl methyl sites for hydroxylation is 2. The Labute approximate surface area is 167 Å². The Hall–Kier alpha value is -2.40. The van der Waals surface area contributed by atoms with Crippen molar-refractivity contribution in [3.63, 3.8) is 0 Å². The van der Waals surface area contributed by atoms with E-state index in [1.807, 2.05) is 35.2 Å². The molecule has 0 radical (unpaired) electrons. The molecule has 1 amide bonds. The highest BCUT2D eigenvalue weighted by Crippen LogP contribution is 2.19. The number of nitrogens with one attached hydrogen (secondary N) is 2. The zero-order valence-corrected chi connectivity index (χ0v) is 16.9. The first-order valence-corrected chi connectivity index (χ1v) is 9.95. The van der Waals surface area contributed by atoms with Crippen LogP contribution in [0, 0.1) is 13.8 Å². The number of likely N-dealkylation sites (tertiary alicyclic amines) is 1. The summed E-state index contributed by atoms with van der Waals surface area (Å²) in [7, 11) is 0. The van der Waals surface area contributed by atoms with Gasteiger partial charge in [0.1, 0.15) is 0 Å². The quantitative estimate of drug-likeness (QED) is 0.770. The molecule has 1 saturated heterocycles. The van der Waals surface area contributed by atoms with Crippen molar-refractivity contribution in [1.29, 1.82) is 0 Å². The van der Waals surface area contributed by atoms with E-state index in [1.54, 1.807) is 0 Å². The molecule has 4 nitrogen and oxygen atoms in total. The molecule has 0 bridgehead atoms. The number of para-hydroxylation sites is 1. The van der Waals surface area contributed by atoms with Crippen LogP contribution < -0.4 is 10.6 Å². The van der Waals surface area contributed by atoms with Gasteiger partial charge in [-0.25, -0.2) is 0 Å². The molecular weight excluding hydrogens is 354 g/mol. The van der Waals surface area contributed by atoms with Gasteiger partial charge in [0.05, 0.1) is 0 Å². The van der Waals surface area contributed by atoms with Crippen molar-refractivity contribution in [3.8, 4) is 0 Å². The number of anilines is 1. The Morgan fingerprint density at radius 1 is 1.04 bits per heavy atom. The Morgan fingerprint density at radius 3 is 2.41 bits per heavy atom. The summed E-state index contributed by atoms with van der Waals surface area (Å²) < 4.78 is 0. The molecule has 3 rings (SSSR count). The minimum absolute atomic E-state index is 0.132. The van der Waals surface area contributed by atoms with E-state index in [9.17, 15) is 4.79 Å². The third-order valence-electron chi connectivity index (χ3n) is 4.99. The van der Waals surface area contributed by atoms with Gasteiger partial charge >= 0.3 is 0 Å². The van der Waals surface area contributed by atoms with Crippen LogP contribution in [-0.4, -0.2) is 29.0 Å². The summed E-state index contributed by atoms with van der Waals surface area (Å²) in [5, 5.41) is 7.11. The molecule has 0 atom stereocenters. The van der Waals surface area contributed by atoms with E-state index >= 15 is 0 Å². The predicted octanol–water partition coefficient (Wildman–Crippen LogP) is 4.42. The van der Waals surface area contributed by atoms with E-state index in [0.29, 0.717) is 11.7 Å². The maximum atomic E-state index is 12.7. The highest BCUT2D eigenvalue weighted by Gasteiger charge is 2.18. The van der Waals surface area contributed by atoms with Crippen LogP contribution in [0.5, 0.6) is 0 Å². The lowest BCUT2D eigenvalue weighted by molar-refractivity contribution is 0.0724. The molecule has 27 heavy (non-hydrogen) atoms. The number of carbonyl (C=O) groups is 1. The molecule has 1 fully saturated rings. The number of rotatable bonds is 4. The predicted molar refractivity (Wildman–Crippen MR) is 115 cm³/mol. The van der Waals surface area contributed by atoms with Crippen molar-refractivity contribution < 1.29 is 4.79 Å². The van der Waals surface area contributed by atoms with Crippen molar-refractivity contribution in [2.45, 2.75) is 39.7 Å². The van der Waals surface area contributed by atoms with Gasteiger partial charge in [0.15, 0.2) is 5.11 Å². The molecule has 0 spiro atoms. The summed E-state index contributed by atoms with van der Waals surface area (Å²) in [5.74, 6) is 0.132. The van der Waals surface area contributed by atoms with E-state index in [0.717, 1.165) is 53.9 Å². The van der Waals surface area contributed by atoms with Gasteiger partial charge in [-0.1, -0.05) is 30.3 Å².